The number of nitrogens with one attached hydrogen (secondary N) is 1. The van der Waals surface area contributed by atoms with E-state index in [1.54, 1.807) is 0 Å². The van der Waals surface area contributed by atoms with Gasteiger partial charge in [-0.05, 0) is 55.6 Å². The van der Waals surface area contributed by atoms with E-state index in [0.29, 0.717) is 5.92 Å². The van der Waals surface area contributed by atoms with E-state index < -0.39 is 0 Å². The van der Waals surface area contributed by atoms with Gasteiger partial charge in [0.1, 0.15) is 0 Å². The average molecular weight is 249 g/mol. The zero-order valence-electron chi connectivity index (χ0n) is 10.0. The van der Waals surface area contributed by atoms with Gasteiger partial charge in [-0.1, -0.05) is 11.6 Å². The molecule has 0 atom stereocenters. The van der Waals surface area contributed by atoms with Crippen LogP contribution in [0.5, 0.6) is 0 Å². The minimum atomic E-state index is 0.679. The second-order valence-corrected chi connectivity index (χ2v) is 5.32. The van der Waals surface area contributed by atoms with Crippen LogP contribution in [0.2, 0.25) is 5.02 Å². The Kier molecular flexibility index (Phi) is 2.85. The number of halogens is 1. The van der Waals surface area contributed by atoms with E-state index >= 15 is 0 Å². The Balaban J connectivity index is 2.11. The van der Waals surface area contributed by atoms with Gasteiger partial charge in [-0.25, -0.2) is 0 Å². The van der Waals surface area contributed by atoms with E-state index in [2.05, 4.69) is 35.3 Å². The summed E-state index contributed by atoms with van der Waals surface area (Å²) in [5.41, 5.74) is 2.74. The third kappa shape index (κ3) is 1.96. The number of hydrogen-bond acceptors (Lipinski definition) is 1. The predicted molar refractivity (Wildman–Crippen MR) is 72.8 cm³/mol. The largest absolute Gasteiger partial charge is 0.350 e. The molecule has 1 fully saturated rings. The Morgan fingerprint density at radius 1 is 1.29 bits per heavy atom. The molecule has 1 aromatic heterocycles. The quantitative estimate of drug-likeness (QED) is 0.820. The molecule has 0 aliphatic carbocycles. The van der Waals surface area contributed by atoms with Crippen LogP contribution in [0.4, 0.5) is 0 Å². The number of benzene rings is 1. The van der Waals surface area contributed by atoms with Crippen LogP contribution < -0.4 is 5.32 Å². The van der Waals surface area contributed by atoms with Gasteiger partial charge in [-0.3, -0.25) is 0 Å². The van der Waals surface area contributed by atoms with Crippen molar-refractivity contribution in [1.29, 1.82) is 0 Å². The number of fused-ring (bicyclic) bond motifs is 1. The van der Waals surface area contributed by atoms with E-state index in [0.717, 1.165) is 18.1 Å². The molecule has 0 spiro atoms. The summed E-state index contributed by atoms with van der Waals surface area (Å²) in [7, 11) is 2.11. The smallest absolute Gasteiger partial charge is 0.0481 e. The second kappa shape index (κ2) is 4.35. The Labute approximate surface area is 107 Å². The summed E-state index contributed by atoms with van der Waals surface area (Å²) in [5.74, 6) is 0.679. The number of piperidine rings is 1. The lowest BCUT2D eigenvalue weighted by Crippen LogP contribution is -2.26. The highest BCUT2D eigenvalue weighted by molar-refractivity contribution is 6.31. The van der Waals surface area contributed by atoms with Gasteiger partial charge in [0.25, 0.3) is 0 Å². The summed E-state index contributed by atoms with van der Waals surface area (Å²) in [6.07, 6.45) is 4.73. The Bertz CT molecular complexity index is 538. The minimum Gasteiger partial charge on any atom is -0.350 e. The van der Waals surface area contributed by atoms with Crippen LogP contribution in [0.1, 0.15) is 24.3 Å². The maximum Gasteiger partial charge on any atom is 0.0481 e. The molecule has 90 valence electrons. The lowest BCUT2D eigenvalue weighted by Gasteiger charge is -2.22. The number of aryl methyl sites for hydroxylation is 1. The van der Waals surface area contributed by atoms with Gasteiger partial charge >= 0.3 is 0 Å². The van der Waals surface area contributed by atoms with Gasteiger partial charge in [0.15, 0.2) is 0 Å². The standard InChI is InChI=1S/C14H17ClN2/c1-17-9-13(10-4-6-16-7-5-10)12-8-11(15)2-3-14(12)17/h2-3,8-10,16H,4-7H2,1H3. The maximum atomic E-state index is 6.12. The molecular weight excluding hydrogens is 232 g/mol. The molecule has 3 heteroatoms. The first-order chi connectivity index (χ1) is 8.25. The molecule has 17 heavy (non-hydrogen) atoms. The van der Waals surface area contributed by atoms with Crippen molar-refractivity contribution in [2.45, 2.75) is 18.8 Å². The zero-order chi connectivity index (χ0) is 11.8. The topological polar surface area (TPSA) is 17.0 Å². The zero-order valence-corrected chi connectivity index (χ0v) is 10.8. The molecule has 1 aliphatic rings. The molecular formula is C14H17ClN2. The SMILES string of the molecule is Cn1cc(C2CCNCC2)c2cc(Cl)ccc21. The van der Waals surface area contributed by atoms with E-state index in [1.807, 2.05) is 6.07 Å². The monoisotopic (exact) mass is 248 g/mol. The van der Waals surface area contributed by atoms with Gasteiger partial charge in [-0.15, -0.1) is 0 Å². The molecule has 0 bridgehead atoms. The third-order valence-electron chi connectivity index (χ3n) is 3.76. The summed E-state index contributed by atoms with van der Waals surface area (Å²) in [4.78, 5) is 0. The normalized spacial score (nSPS) is 17.8. The van der Waals surface area contributed by atoms with E-state index in [4.69, 9.17) is 11.6 Å². The fourth-order valence-electron chi connectivity index (χ4n) is 2.85. The molecule has 1 aromatic carbocycles. The van der Waals surface area contributed by atoms with E-state index in [1.165, 1.54) is 29.3 Å². The van der Waals surface area contributed by atoms with Crippen LogP contribution in [-0.4, -0.2) is 17.7 Å². The van der Waals surface area contributed by atoms with Gasteiger partial charge in [0, 0.05) is 29.2 Å². The fraction of sp³-hybridized carbons (Fsp3) is 0.429. The Morgan fingerprint density at radius 3 is 2.82 bits per heavy atom. The average Bonchev–Trinajstić information content (AvgIpc) is 2.67. The molecule has 0 saturated carbocycles. The molecule has 2 aromatic rings. The van der Waals surface area contributed by atoms with Crippen molar-refractivity contribution in [1.82, 2.24) is 9.88 Å². The van der Waals surface area contributed by atoms with Crippen molar-refractivity contribution in [3.05, 3.63) is 35.0 Å². The van der Waals surface area contributed by atoms with Crippen LogP contribution >= 0.6 is 11.6 Å². The predicted octanol–water partition coefficient (Wildman–Crippen LogP) is 3.30. The van der Waals surface area contributed by atoms with Crippen LogP contribution in [0.3, 0.4) is 0 Å². The maximum absolute atomic E-state index is 6.12. The lowest BCUT2D eigenvalue weighted by molar-refractivity contribution is 0.462. The van der Waals surface area contributed by atoms with Crippen molar-refractivity contribution in [3.8, 4) is 0 Å². The van der Waals surface area contributed by atoms with Crippen molar-refractivity contribution in [3.63, 3.8) is 0 Å². The molecule has 2 heterocycles. The first-order valence-corrected chi connectivity index (χ1v) is 6.58. The number of aromatic nitrogens is 1. The van der Waals surface area contributed by atoms with Crippen LogP contribution in [0.25, 0.3) is 10.9 Å². The first-order valence-electron chi connectivity index (χ1n) is 6.21. The minimum absolute atomic E-state index is 0.679. The molecule has 2 nitrogen and oxygen atoms in total. The van der Waals surface area contributed by atoms with Gasteiger partial charge in [0.2, 0.25) is 0 Å². The number of nitrogens with zero attached hydrogens (tertiary/aromatic N) is 1. The summed E-state index contributed by atoms with van der Waals surface area (Å²) >= 11 is 6.12. The Hall–Kier alpha value is -0.990. The molecule has 1 N–H and O–H groups in total. The van der Waals surface area contributed by atoms with Crippen molar-refractivity contribution < 1.29 is 0 Å². The summed E-state index contributed by atoms with van der Waals surface area (Å²) in [6, 6.07) is 6.19. The van der Waals surface area contributed by atoms with Gasteiger partial charge < -0.3 is 9.88 Å². The molecule has 0 unspecified atom stereocenters. The van der Waals surface area contributed by atoms with Crippen LogP contribution in [0, 0.1) is 0 Å². The highest BCUT2D eigenvalue weighted by atomic mass is 35.5. The highest BCUT2D eigenvalue weighted by Gasteiger charge is 2.19. The van der Waals surface area contributed by atoms with Crippen LogP contribution in [-0.2, 0) is 7.05 Å². The molecule has 3 rings (SSSR count). The van der Waals surface area contributed by atoms with E-state index in [9.17, 15) is 0 Å². The summed E-state index contributed by atoms with van der Waals surface area (Å²) in [6.45, 7) is 2.25. The molecule has 0 radical (unpaired) electrons. The van der Waals surface area contributed by atoms with Crippen molar-refractivity contribution >= 4 is 22.5 Å². The number of hydrogen-bond donors (Lipinski definition) is 1. The summed E-state index contributed by atoms with van der Waals surface area (Å²) in [5, 5.41) is 5.58. The first kappa shape index (κ1) is 11.1. The fourth-order valence-corrected chi connectivity index (χ4v) is 3.03. The van der Waals surface area contributed by atoms with Gasteiger partial charge in [0.05, 0.1) is 0 Å². The van der Waals surface area contributed by atoms with E-state index in [-0.39, 0.29) is 0 Å². The third-order valence-corrected chi connectivity index (χ3v) is 4.00. The number of rotatable bonds is 1. The summed E-state index contributed by atoms with van der Waals surface area (Å²) < 4.78 is 2.21. The molecule has 1 aliphatic heterocycles. The van der Waals surface area contributed by atoms with Crippen molar-refractivity contribution in [2.75, 3.05) is 13.1 Å². The Morgan fingerprint density at radius 2 is 2.06 bits per heavy atom. The van der Waals surface area contributed by atoms with Crippen LogP contribution in [0.15, 0.2) is 24.4 Å². The molecule has 1 saturated heterocycles. The molecule has 0 amide bonds. The van der Waals surface area contributed by atoms with Crippen molar-refractivity contribution in [2.24, 2.45) is 7.05 Å². The highest BCUT2D eigenvalue weighted by Crippen LogP contribution is 2.33. The second-order valence-electron chi connectivity index (χ2n) is 4.88. The lowest BCUT2D eigenvalue weighted by atomic mass is 9.90. The van der Waals surface area contributed by atoms with Gasteiger partial charge in [-0.2, -0.15) is 0 Å².